The van der Waals surface area contributed by atoms with Crippen LogP contribution in [0.4, 0.5) is 0 Å². The van der Waals surface area contributed by atoms with Gasteiger partial charge in [0.1, 0.15) is 19.4 Å². The van der Waals surface area contributed by atoms with Gasteiger partial charge in [0.15, 0.2) is 24.2 Å². The minimum absolute atomic E-state index is 0.474. The van der Waals surface area contributed by atoms with Crippen LogP contribution in [0.1, 0.15) is 0 Å². The molecule has 18 heavy (non-hydrogen) atoms. The first-order valence-corrected chi connectivity index (χ1v) is 12.1. The lowest BCUT2D eigenvalue weighted by molar-refractivity contribution is 0.587. The van der Waals surface area contributed by atoms with Gasteiger partial charge in [0.05, 0.1) is 0 Å². The zero-order valence-electron chi connectivity index (χ0n) is 10.1. The molecule has 0 bridgehead atoms. The van der Waals surface area contributed by atoms with Crippen molar-refractivity contribution in [3.05, 3.63) is 0 Å². The van der Waals surface area contributed by atoms with Crippen LogP contribution >= 0.6 is 0 Å². The van der Waals surface area contributed by atoms with Gasteiger partial charge in [-0.3, -0.25) is 0 Å². The zero-order chi connectivity index (χ0) is 15.2. The van der Waals surface area contributed by atoms with Gasteiger partial charge in [-0.1, -0.05) is 0 Å². The molecule has 0 aliphatic carbocycles. The summed E-state index contributed by atoms with van der Waals surface area (Å²) in [5.74, 6) is 0. The van der Waals surface area contributed by atoms with Crippen molar-refractivity contribution in [1.29, 1.82) is 0 Å². The van der Waals surface area contributed by atoms with Crippen molar-refractivity contribution < 1.29 is 33.7 Å². The van der Waals surface area contributed by atoms with E-state index in [9.17, 15) is 33.7 Å². The Morgan fingerprint density at radius 1 is 0.611 bits per heavy atom. The van der Waals surface area contributed by atoms with Crippen LogP contribution in [0.2, 0.25) is 0 Å². The molecule has 0 aliphatic rings. The first-order valence-electron chi connectivity index (χ1n) is 4.24. The van der Waals surface area contributed by atoms with Gasteiger partial charge in [0, 0.05) is 25.0 Å². The molecule has 0 saturated heterocycles. The molecule has 0 aromatic carbocycles. The minimum Gasteiger partial charge on any atom is -0.240 e. The maximum absolute atomic E-state index is 11.4. The number of rotatable bonds is 5. The molecule has 0 spiro atoms. The van der Waals surface area contributed by atoms with Crippen molar-refractivity contribution in [1.82, 2.24) is 0 Å². The number of hydrogen-bond acceptors (Lipinski definition) is 8. The van der Waals surface area contributed by atoms with Gasteiger partial charge in [0.25, 0.3) is 0 Å². The predicted octanol–water partition coefficient (Wildman–Crippen LogP) is -2.48. The smallest absolute Gasteiger partial charge is 0.240 e. The second-order valence-electron chi connectivity index (χ2n) is 4.05. The molecule has 0 radical (unpaired) electrons. The Labute approximate surface area is 107 Å². The van der Waals surface area contributed by atoms with E-state index in [1.165, 1.54) is 0 Å². The average Bonchev–Trinajstić information content (AvgIpc) is 1.89. The number of sulfone groups is 2. The molecule has 8 nitrogen and oxygen atoms in total. The van der Waals surface area contributed by atoms with Gasteiger partial charge in [0.2, 0.25) is 0 Å². The maximum atomic E-state index is 11.4. The summed E-state index contributed by atoms with van der Waals surface area (Å²) in [7, 11) is -17.7. The van der Waals surface area contributed by atoms with Crippen molar-refractivity contribution in [2.45, 2.75) is 4.48 Å². The fourth-order valence-electron chi connectivity index (χ4n) is 1.44. The van der Waals surface area contributed by atoms with E-state index in [2.05, 4.69) is 0 Å². The van der Waals surface area contributed by atoms with E-state index in [0.29, 0.717) is 25.0 Å². The van der Waals surface area contributed by atoms with E-state index < -0.39 is 48.8 Å². The third-order valence-electron chi connectivity index (χ3n) is 1.91. The summed E-state index contributed by atoms with van der Waals surface area (Å²) < 4.78 is 88.7. The fraction of sp³-hybridized carbons (Fsp3) is 1.00. The van der Waals surface area contributed by atoms with E-state index in [-0.39, 0.29) is 0 Å². The summed E-state index contributed by atoms with van der Waals surface area (Å²) in [6.07, 6.45) is 1.90. The summed E-state index contributed by atoms with van der Waals surface area (Å²) in [6.45, 7) is 0. The third-order valence-corrected chi connectivity index (χ3v) is 11.3. The van der Waals surface area contributed by atoms with Crippen LogP contribution in [0.5, 0.6) is 0 Å². The van der Waals surface area contributed by atoms with Gasteiger partial charge >= 0.3 is 5.27 Å². The Bertz CT molecular complexity index is 595. The molecule has 108 valence electrons. The SMILES string of the molecule is CS(=O)(=O)B(C(S(C)(=O)=O)S(C)(=O)=O)S(C)(=O)=O. The normalized spacial score (nSPS) is 14.7. The molecule has 0 amide bonds. The van der Waals surface area contributed by atoms with Crippen molar-refractivity contribution in [3.8, 4) is 0 Å². The summed E-state index contributed by atoms with van der Waals surface area (Å²) >= 11 is 0. The largest absolute Gasteiger partial charge is 0.464 e. The molecule has 0 aliphatic heterocycles. The molecule has 0 N–H and O–H groups in total. The van der Waals surface area contributed by atoms with Crippen molar-refractivity contribution >= 4 is 44.3 Å². The molecule has 0 saturated carbocycles. The van der Waals surface area contributed by atoms with E-state index in [4.69, 9.17) is 0 Å². The van der Waals surface area contributed by atoms with Gasteiger partial charge in [-0.15, -0.1) is 0 Å². The Morgan fingerprint density at radius 2 is 0.833 bits per heavy atom. The molecule has 0 atom stereocenters. The molecule has 0 rings (SSSR count). The topological polar surface area (TPSA) is 137 Å². The molecule has 0 aromatic rings. The van der Waals surface area contributed by atoms with Crippen LogP contribution < -0.4 is 0 Å². The van der Waals surface area contributed by atoms with Gasteiger partial charge in [-0.2, -0.15) is 0 Å². The van der Waals surface area contributed by atoms with Crippen molar-refractivity contribution in [2.75, 3.05) is 25.0 Å². The van der Waals surface area contributed by atoms with E-state index >= 15 is 0 Å². The summed E-state index contributed by atoms with van der Waals surface area (Å²) in [4.78, 5) is 0. The molecule has 0 aromatic heterocycles. The van der Waals surface area contributed by atoms with Crippen molar-refractivity contribution in [2.24, 2.45) is 0 Å². The van der Waals surface area contributed by atoms with Crippen LogP contribution in [0.25, 0.3) is 0 Å². The Hall–Kier alpha value is -0.135. The monoisotopic (exact) mass is 340 g/mol. The van der Waals surface area contributed by atoms with E-state index in [1.54, 1.807) is 0 Å². The summed E-state index contributed by atoms with van der Waals surface area (Å²) in [6, 6.07) is 0. The Morgan fingerprint density at radius 3 is 0.889 bits per heavy atom. The lowest BCUT2D eigenvalue weighted by Crippen LogP contribution is -2.52. The van der Waals surface area contributed by atoms with Gasteiger partial charge < -0.3 is 0 Å². The first-order chi connectivity index (χ1) is 7.49. The van der Waals surface area contributed by atoms with Crippen LogP contribution in [-0.2, 0) is 39.1 Å². The summed E-state index contributed by atoms with van der Waals surface area (Å²) in [5, 5.41) is -2.53. The summed E-state index contributed by atoms with van der Waals surface area (Å²) in [5.41, 5.74) is 0. The Kier molecular flexibility index (Phi) is 4.72. The quantitative estimate of drug-likeness (QED) is 0.502. The highest BCUT2D eigenvalue weighted by Gasteiger charge is 2.55. The minimum atomic E-state index is -4.43. The molecule has 0 fully saturated rings. The lowest BCUT2D eigenvalue weighted by Gasteiger charge is -2.17. The van der Waals surface area contributed by atoms with Crippen LogP contribution in [0.3, 0.4) is 0 Å². The van der Waals surface area contributed by atoms with Gasteiger partial charge in [-0.25, -0.2) is 33.7 Å². The lowest BCUT2D eigenvalue weighted by atomic mass is 10.2. The fourth-order valence-corrected chi connectivity index (χ4v) is 13.0. The maximum Gasteiger partial charge on any atom is 0.464 e. The second-order valence-corrected chi connectivity index (χ2v) is 13.3. The van der Waals surface area contributed by atoms with Gasteiger partial charge in [-0.05, 0) is 0 Å². The van der Waals surface area contributed by atoms with Crippen LogP contribution in [-0.4, -0.2) is 68.4 Å². The average molecular weight is 340 g/mol. The highest BCUT2D eigenvalue weighted by molar-refractivity contribution is 8.49. The number of hydrogen-bond donors (Lipinski definition) is 0. The van der Waals surface area contributed by atoms with E-state index in [0.717, 1.165) is 0 Å². The van der Waals surface area contributed by atoms with Crippen LogP contribution in [0, 0.1) is 0 Å². The molecule has 0 heterocycles. The molecular formula is C5H13BO8S4. The second kappa shape index (κ2) is 4.76. The molecule has 13 heteroatoms. The molecular weight excluding hydrogens is 327 g/mol. The molecule has 0 unspecified atom stereocenters. The highest BCUT2D eigenvalue weighted by Crippen LogP contribution is 2.19. The zero-order valence-corrected chi connectivity index (χ0v) is 13.3. The van der Waals surface area contributed by atoms with Crippen LogP contribution in [0.15, 0.2) is 0 Å². The standard InChI is InChI=1S/C5H13BO8S4/c1-15(7,8)5(16(2,9)10)6(17(3,11)12)18(4,13)14/h5H,1-4H3. The third kappa shape index (κ3) is 4.51. The predicted molar refractivity (Wildman–Crippen MR) is 68.9 cm³/mol. The first kappa shape index (κ1) is 17.9. The Balaban J connectivity index is 6.57. The highest BCUT2D eigenvalue weighted by atomic mass is 32.3. The van der Waals surface area contributed by atoms with Crippen molar-refractivity contribution in [3.63, 3.8) is 0 Å². The van der Waals surface area contributed by atoms with E-state index in [1.807, 2.05) is 0 Å².